The van der Waals surface area contributed by atoms with Crippen molar-refractivity contribution in [2.24, 2.45) is 4.99 Å². The van der Waals surface area contributed by atoms with E-state index in [1.165, 1.54) is 6.07 Å². The largest absolute Gasteiger partial charge is 0.481 e. The number of hydrogen-bond donors (Lipinski definition) is 1. The van der Waals surface area contributed by atoms with Gasteiger partial charge in [0.25, 0.3) is 0 Å². The van der Waals surface area contributed by atoms with E-state index < -0.39 is 5.97 Å². The molecule has 0 saturated carbocycles. The van der Waals surface area contributed by atoms with Crippen LogP contribution in [0.15, 0.2) is 29.3 Å². The van der Waals surface area contributed by atoms with Crippen LogP contribution < -0.4 is 0 Å². The Labute approximate surface area is 104 Å². The van der Waals surface area contributed by atoms with Gasteiger partial charge in [-0.05, 0) is 18.1 Å². The number of halogens is 1. The molecule has 18 heavy (non-hydrogen) atoms. The van der Waals surface area contributed by atoms with E-state index in [4.69, 9.17) is 9.84 Å². The predicted octanol–water partition coefficient (Wildman–Crippen LogP) is 2.03. The number of carboxylic acid groups (broad SMARTS) is 1. The summed E-state index contributed by atoms with van der Waals surface area (Å²) in [5.41, 5.74) is 0.537. The Bertz CT molecular complexity index is 473. The van der Waals surface area contributed by atoms with Crippen LogP contribution in [-0.4, -0.2) is 29.6 Å². The summed E-state index contributed by atoms with van der Waals surface area (Å²) in [4.78, 5) is 14.7. The number of aliphatic carboxylic acids is 1. The molecule has 1 aliphatic rings. The third-order valence-electron chi connectivity index (χ3n) is 2.76. The first-order chi connectivity index (χ1) is 8.65. The fourth-order valence-electron chi connectivity index (χ4n) is 1.81. The number of nitrogens with zero attached hydrogens (tertiary/aromatic N) is 1. The summed E-state index contributed by atoms with van der Waals surface area (Å²) in [7, 11) is 0. The fourth-order valence-corrected chi connectivity index (χ4v) is 1.81. The second kappa shape index (κ2) is 5.62. The topological polar surface area (TPSA) is 58.9 Å². The normalized spacial score (nSPS) is 18.3. The molecular formula is C13H14FNO3. The van der Waals surface area contributed by atoms with Crippen molar-refractivity contribution in [3.05, 3.63) is 35.6 Å². The maximum Gasteiger partial charge on any atom is 0.303 e. The average Bonchev–Trinajstić information content (AvgIpc) is 2.77. The maximum atomic E-state index is 13.4. The molecule has 1 atom stereocenters. The van der Waals surface area contributed by atoms with Crippen molar-refractivity contribution < 1.29 is 19.0 Å². The molecule has 0 spiro atoms. The van der Waals surface area contributed by atoms with Crippen LogP contribution in [0.1, 0.15) is 18.4 Å². The molecule has 4 nitrogen and oxygen atoms in total. The van der Waals surface area contributed by atoms with Gasteiger partial charge in [0.2, 0.25) is 0 Å². The van der Waals surface area contributed by atoms with Gasteiger partial charge in [-0.3, -0.25) is 4.79 Å². The smallest absolute Gasteiger partial charge is 0.303 e. The highest BCUT2D eigenvalue weighted by molar-refractivity contribution is 5.80. The zero-order valence-electron chi connectivity index (χ0n) is 9.80. The Morgan fingerprint density at radius 1 is 1.50 bits per heavy atom. The van der Waals surface area contributed by atoms with Crippen LogP contribution in [0, 0.1) is 5.82 Å². The van der Waals surface area contributed by atoms with Gasteiger partial charge in [0.05, 0.1) is 12.5 Å². The van der Waals surface area contributed by atoms with Crippen LogP contribution >= 0.6 is 0 Å². The van der Waals surface area contributed by atoms with Crippen LogP contribution in [0.25, 0.3) is 0 Å². The zero-order chi connectivity index (χ0) is 13.0. The predicted molar refractivity (Wildman–Crippen MR) is 64.1 cm³/mol. The fraction of sp³-hybridized carbons (Fsp3) is 0.385. The van der Waals surface area contributed by atoms with Gasteiger partial charge in [0.15, 0.2) is 5.90 Å². The first kappa shape index (κ1) is 12.5. The molecule has 5 heteroatoms. The van der Waals surface area contributed by atoms with Gasteiger partial charge < -0.3 is 9.84 Å². The summed E-state index contributed by atoms with van der Waals surface area (Å²) < 4.78 is 18.8. The SMILES string of the molecule is O=C(O)CCC1COC(Cc2ccccc2F)=N1. The van der Waals surface area contributed by atoms with Crippen LogP contribution in [0.4, 0.5) is 4.39 Å². The van der Waals surface area contributed by atoms with Crippen LogP contribution in [0.5, 0.6) is 0 Å². The van der Waals surface area contributed by atoms with Crippen molar-refractivity contribution in [2.75, 3.05) is 6.61 Å². The minimum atomic E-state index is -0.840. The molecule has 0 aliphatic carbocycles. The lowest BCUT2D eigenvalue weighted by Gasteiger charge is -2.02. The summed E-state index contributed by atoms with van der Waals surface area (Å²) in [5, 5.41) is 8.57. The molecule has 1 aromatic rings. The minimum absolute atomic E-state index is 0.0739. The second-order valence-corrected chi connectivity index (χ2v) is 4.19. The standard InChI is InChI=1S/C13H14FNO3/c14-11-4-2-1-3-9(11)7-12-15-10(8-18-12)5-6-13(16)17/h1-4,10H,5-8H2,(H,16,17). The number of aliphatic imine (C=N–C) groups is 1. The highest BCUT2D eigenvalue weighted by atomic mass is 19.1. The van der Waals surface area contributed by atoms with Crippen molar-refractivity contribution >= 4 is 11.9 Å². The van der Waals surface area contributed by atoms with E-state index >= 15 is 0 Å². The Hall–Kier alpha value is -1.91. The van der Waals surface area contributed by atoms with Crippen LogP contribution in [0.3, 0.4) is 0 Å². The third-order valence-corrected chi connectivity index (χ3v) is 2.76. The average molecular weight is 251 g/mol. The Balaban J connectivity index is 1.93. The molecule has 1 unspecified atom stereocenters. The van der Waals surface area contributed by atoms with Gasteiger partial charge in [0, 0.05) is 6.42 Å². The Kier molecular flexibility index (Phi) is 3.92. The van der Waals surface area contributed by atoms with E-state index in [0.29, 0.717) is 30.9 Å². The first-order valence-electron chi connectivity index (χ1n) is 5.80. The molecule has 0 saturated heterocycles. The third kappa shape index (κ3) is 3.29. The van der Waals surface area contributed by atoms with E-state index in [0.717, 1.165) is 0 Å². The van der Waals surface area contributed by atoms with Crippen LogP contribution in [-0.2, 0) is 16.0 Å². The number of ether oxygens (including phenoxy) is 1. The van der Waals surface area contributed by atoms with Gasteiger partial charge in [-0.1, -0.05) is 18.2 Å². The van der Waals surface area contributed by atoms with E-state index in [1.54, 1.807) is 18.2 Å². The molecule has 0 radical (unpaired) electrons. The summed E-state index contributed by atoms with van der Waals surface area (Å²) >= 11 is 0. The Morgan fingerprint density at radius 3 is 3.00 bits per heavy atom. The van der Waals surface area contributed by atoms with E-state index in [2.05, 4.69) is 4.99 Å². The summed E-state index contributed by atoms with van der Waals surface area (Å²) in [6.07, 6.45) is 0.844. The zero-order valence-corrected chi connectivity index (χ0v) is 9.80. The minimum Gasteiger partial charge on any atom is -0.481 e. The monoisotopic (exact) mass is 251 g/mol. The van der Waals surface area contributed by atoms with Crippen molar-refractivity contribution in [3.63, 3.8) is 0 Å². The number of rotatable bonds is 5. The molecule has 1 heterocycles. The molecule has 0 bridgehead atoms. The molecule has 1 N–H and O–H groups in total. The molecule has 2 rings (SSSR count). The van der Waals surface area contributed by atoms with Gasteiger partial charge in [0.1, 0.15) is 12.4 Å². The molecule has 1 aliphatic heterocycles. The molecule has 0 amide bonds. The van der Waals surface area contributed by atoms with E-state index in [1.807, 2.05) is 0 Å². The Morgan fingerprint density at radius 2 is 2.28 bits per heavy atom. The van der Waals surface area contributed by atoms with Gasteiger partial charge in [-0.25, -0.2) is 9.38 Å². The number of carbonyl (C=O) groups is 1. The molecule has 1 aromatic carbocycles. The highest BCUT2D eigenvalue weighted by Crippen LogP contribution is 2.15. The molecule has 0 aromatic heterocycles. The van der Waals surface area contributed by atoms with Gasteiger partial charge in [-0.15, -0.1) is 0 Å². The van der Waals surface area contributed by atoms with Crippen molar-refractivity contribution in [3.8, 4) is 0 Å². The second-order valence-electron chi connectivity index (χ2n) is 4.19. The molecule has 96 valence electrons. The molecule has 0 fully saturated rings. The first-order valence-corrected chi connectivity index (χ1v) is 5.80. The summed E-state index contributed by atoms with van der Waals surface area (Å²) in [6, 6.07) is 6.35. The van der Waals surface area contributed by atoms with Crippen molar-refractivity contribution in [2.45, 2.75) is 25.3 Å². The number of benzene rings is 1. The number of hydrogen-bond acceptors (Lipinski definition) is 3. The van der Waals surface area contributed by atoms with Gasteiger partial charge in [-0.2, -0.15) is 0 Å². The lowest BCUT2D eigenvalue weighted by Crippen LogP contribution is -2.09. The highest BCUT2D eigenvalue weighted by Gasteiger charge is 2.20. The maximum absolute atomic E-state index is 13.4. The van der Waals surface area contributed by atoms with Crippen molar-refractivity contribution in [1.82, 2.24) is 0 Å². The van der Waals surface area contributed by atoms with Crippen molar-refractivity contribution in [1.29, 1.82) is 0 Å². The number of carboxylic acids is 1. The summed E-state index contributed by atoms with van der Waals surface area (Å²) in [6.45, 7) is 0.386. The quantitative estimate of drug-likeness (QED) is 0.871. The lowest BCUT2D eigenvalue weighted by molar-refractivity contribution is -0.137. The lowest BCUT2D eigenvalue weighted by atomic mass is 10.1. The van der Waals surface area contributed by atoms with E-state index in [9.17, 15) is 9.18 Å². The van der Waals surface area contributed by atoms with Crippen LogP contribution in [0.2, 0.25) is 0 Å². The summed E-state index contributed by atoms with van der Waals surface area (Å²) in [5.74, 6) is -0.638. The molecular weight excluding hydrogens is 237 g/mol. The van der Waals surface area contributed by atoms with E-state index in [-0.39, 0.29) is 18.3 Å². The van der Waals surface area contributed by atoms with Gasteiger partial charge >= 0.3 is 5.97 Å².